The monoisotopic (exact) mass is 461 g/mol. The molecule has 0 aliphatic carbocycles. The predicted molar refractivity (Wildman–Crippen MR) is 133 cm³/mol. The van der Waals surface area contributed by atoms with Gasteiger partial charge in [-0.05, 0) is 66.6 Å². The maximum atomic E-state index is 13.6. The lowest BCUT2D eigenvalue weighted by atomic mass is 10.0. The molecule has 0 saturated heterocycles. The Hall–Kier alpha value is -3.77. The third-order valence-electron chi connectivity index (χ3n) is 5.60. The van der Waals surface area contributed by atoms with Crippen LogP contribution in [0, 0.1) is 6.92 Å². The molecule has 33 heavy (non-hydrogen) atoms. The van der Waals surface area contributed by atoms with Gasteiger partial charge in [0.1, 0.15) is 11.4 Å². The summed E-state index contributed by atoms with van der Waals surface area (Å²) in [5.41, 5.74) is 3.96. The highest BCUT2D eigenvalue weighted by atomic mass is 35.5. The maximum absolute atomic E-state index is 13.6. The van der Waals surface area contributed by atoms with E-state index in [0.29, 0.717) is 38.8 Å². The SMILES string of the molecule is COc1ccc(C2=C(Nc3ccc(N(C)C)cc3)C(=O)N(c3cccc(Cl)c3C)C2=O)cc1. The molecule has 4 rings (SSSR count). The van der Waals surface area contributed by atoms with Gasteiger partial charge in [0.05, 0.1) is 18.4 Å². The molecule has 1 N–H and O–H groups in total. The van der Waals surface area contributed by atoms with Gasteiger partial charge in [0, 0.05) is 30.5 Å². The first-order valence-electron chi connectivity index (χ1n) is 10.4. The van der Waals surface area contributed by atoms with Crippen LogP contribution in [-0.4, -0.2) is 33.0 Å². The smallest absolute Gasteiger partial charge is 0.282 e. The average Bonchev–Trinajstić information content (AvgIpc) is 3.05. The first-order valence-corrected chi connectivity index (χ1v) is 10.8. The van der Waals surface area contributed by atoms with Crippen molar-refractivity contribution in [3.63, 3.8) is 0 Å². The molecule has 0 aromatic heterocycles. The number of hydrogen-bond donors (Lipinski definition) is 1. The molecule has 0 spiro atoms. The molecule has 0 fully saturated rings. The molecule has 2 amide bonds. The van der Waals surface area contributed by atoms with Gasteiger partial charge in [-0.15, -0.1) is 0 Å². The summed E-state index contributed by atoms with van der Waals surface area (Å²) in [5, 5.41) is 3.67. The Kier molecular flexibility index (Phi) is 6.11. The molecule has 1 heterocycles. The van der Waals surface area contributed by atoms with E-state index in [1.54, 1.807) is 56.5 Å². The van der Waals surface area contributed by atoms with Gasteiger partial charge in [0.15, 0.2) is 0 Å². The lowest BCUT2D eigenvalue weighted by molar-refractivity contribution is -0.120. The molecule has 0 unspecified atom stereocenters. The third kappa shape index (κ3) is 4.17. The number of carbonyl (C=O) groups excluding carboxylic acids is 2. The number of nitrogens with one attached hydrogen (secondary N) is 1. The maximum Gasteiger partial charge on any atom is 0.282 e. The second-order valence-electron chi connectivity index (χ2n) is 7.87. The summed E-state index contributed by atoms with van der Waals surface area (Å²) in [6.45, 7) is 1.79. The Bertz CT molecular complexity index is 1250. The molecule has 1 aliphatic rings. The number of carbonyl (C=O) groups is 2. The van der Waals surface area contributed by atoms with Crippen molar-refractivity contribution in [2.24, 2.45) is 0 Å². The fraction of sp³-hybridized carbons (Fsp3) is 0.154. The van der Waals surface area contributed by atoms with Gasteiger partial charge in [0.25, 0.3) is 11.8 Å². The van der Waals surface area contributed by atoms with Crippen LogP contribution in [0.5, 0.6) is 5.75 Å². The molecule has 3 aromatic rings. The fourth-order valence-corrected chi connectivity index (χ4v) is 3.89. The number of nitrogens with zero attached hydrogens (tertiary/aromatic N) is 2. The molecular weight excluding hydrogens is 438 g/mol. The molecule has 168 valence electrons. The van der Waals surface area contributed by atoms with Gasteiger partial charge >= 0.3 is 0 Å². The predicted octanol–water partition coefficient (Wildman–Crippen LogP) is 5.12. The summed E-state index contributed by atoms with van der Waals surface area (Å²) in [4.78, 5) is 30.3. The van der Waals surface area contributed by atoms with Crippen molar-refractivity contribution in [1.82, 2.24) is 0 Å². The van der Waals surface area contributed by atoms with E-state index < -0.39 is 11.8 Å². The molecule has 7 heteroatoms. The summed E-state index contributed by atoms with van der Waals surface area (Å²) in [7, 11) is 5.49. The van der Waals surface area contributed by atoms with Crippen molar-refractivity contribution < 1.29 is 14.3 Å². The van der Waals surface area contributed by atoms with E-state index in [-0.39, 0.29) is 5.70 Å². The number of hydrogen-bond acceptors (Lipinski definition) is 5. The van der Waals surface area contributed by atoms with E-state index in [1.807, 2.05) is 43.3 Å². The zero-order chi connectivity index (χ0) is 23.7. The van der Waals surface area contributed by atoms with E-state index in [4.69, 9.17) is 16.3 Å². The van der Waals surface area contributed by atoms with E-state index >= 15 is 0 Å². The number of rotatable bonds is 6. The molecule has 3 aromatic carbocycles. The molecular formula is C26H24ClN3O3. The topological polar surface area (TPSA) is 61.9 Å². The Balaban J connectivity index is 1.80. The minimum atomic E-state index is -0.437. The molecule has 0 atom stereocenters. The molecule has 6 nitrogen and oxygen atoms in total. The lowest BCUT2D eigenvalue weighted by Gasteiger charge is -2.18. The van der Waals surface area contributed by atoms with Gasteiger partial charge in [-0.2, -0.15) is 0 Å². The Morgan fingerprint density at radius 3 is 2.18 bits per heavy atom. The van der Waals surface area contributed by atoms with E-state index in [9.17, 15) is 9.59 Å². The number of methoxy groups -OCH3 is 1. The number of halogens is 1. The van der Waals surface area contributed by atoms with Crippen LogP contribution in [0.2, 0.25) is 5.02 Å². The van der Waals surface area contributed by atoms with Crippen LogP contribution >= 0.6 is 11.6 Å². The molecule has 0 saturated carbocycles. The number of ether oxygens (including phenoxy) is 1. The van der Waals surface area contributed by atoms with Crippen molar-refractivity contribution in [2.75, 3.05) is 36.3 Å². The summed E-state index contributed by atoms with van der Waals surface area (Å²) in [5.74, 6) is -0.191. The second kappa shape index (κ2) is 9.00. The number of anilines is 3. The number of amides is 2. The second-order valence-corrected chi connectivity index (χ2v) is 8.28. The first kappa shape index (κ1) is 22.4. The quantitative estimate of drug-likeness (QED) is 0.516. The average molecular weight is 462 g/mol. The van der Waals surface area contributed by atoms with Crippen molar-refractivity contribution in [2.45, 2.75) is 6.92 Å². The van der Waals surface area contributed by atoms with E-state index in [0.717, 1.165) is 5.69 Å². The molecule has 0 radical (unpaired) electrons. The number of benzene rings is 3. The Morgan fingerprint density at radius 2 is 1.58 bits per heavy atom. The zero-order valence-electron chi connectivity index (χ0n) is 18.8. The first-order chi connectivity index (χ1) is 15.8. The van der Waals surface area contributed by atoms with Crippen LogP contribution < -0.4 is 19.9 Å². The standard InChI is InChI=1S/C26H24ClN3O3/c1-16-21(27)6-5-7-22(16)30-25(31)23(17-8-14-20(33-4)15-9-17)24(26(30)32)28-18-10-12-19(13-11-18)29(2)3/h5-15,28H,1-4H3. The van der Waals surface area contributed by atoms with Crippen LogP contribution in [0.25, 0.3) is 5.57 Å². The zero-order valence-corrected chi connectivity index (χ0v) is 19.6. The summed E-state index contributed by atoms with van der Waals surface area (Å²) >= 11 is 6.28. The van der Waals surface area contributed by atoms with Crippen LogP contribution in [0.4, 0.5) is 17.1 Å². The van der Waals surface area contributed by atoms with Crippen LogP contribution in [0.15, 0.2) is 72.4 Å². The van der Waals surface area contributed by atoms with Crippen molar-refractivity contribution in [3.05, 3.63) is 88.6 Å². The number of imide groups is 1. The normalized spacial score (nSPS) is 13.5. The van der Waals surface area contributed by atoms with E-state index in [1.165, 1.54) is 4.90 Å². The molecule has 0 bridgehead atoms. The van der Waals surface area contributed by atoms with Gasteiger partial charge in [-0.3, -0.25) is 9.59 Å². The van der Waals surface area contributed by atoms with Gasteiger partial charge < -0.3 is 15.0 Å². The minimum absolute atomic E-state index is 0.210. The van der Waals surface area contributed by atoms with Gasteiger partial charge in [-0.1, -0.05) is 29.8 Å². The van der Waals surface area contributed by atoms with Gasteiger partial charge in [-0.25, -0.2) is 4.90 Å². The molecule has 1 aliphatic heterocycles. The van der Waals surface area contributed by atoms with Crippen LogP contribution in [0.3, 0.4) is 0 Å². The minimum Gasteiger partial charge on any atom is -0.497 e. The van der Waals surface area contributed by atoms with Gasteiger partial charge in [0.2, 0.25) is 0 Å². The Labute approximate surface area is 198 Å². The Morgan fingerprint density at radius 1 is 0.909 bits per heavy atom. The van der Waals surface area contributed by atoms with Crippen LogP contribution in [0.1, 0.15) is 11.1 Å². The summed E-state index contributed by atoms with van der Waals surface area (Å²) in [6.07, 6.45) is 0. The van der Waals surface area contributed by atoms with Crippen molar-refractivity contribution >= 4 is 46.1 Å². The highest BCUT2D eigenvalue weighted by Gasteiger charge is 2.41. The highest BCUT2D eigenvalue weighted by molar-refractivity contribution is 6.46. The van der Waals surface area contributed by atoms with Crippen LogP contribution in [-0.2, 0) is 9.59 Å². The fourth-order valence-electron chi connectivity index (χ4n) is 3.72. The highest BCUT2D eigenvalue weighted by Crippen LogP contribution is 2.37. The largest absolute Gasteiger partial charge is 0.497 e. The van der Waals surface area contributed by atoms with Crippen molar-refractivity contribution in [1.29, 1.82) is 0 Å². The van der Waals surface area contributed by atoms with E-state index in [2.05, 4.69) is 5.32 Å². The third-order valence-corrected chi connectivity index (χ3v) is 6.01. The summed E-state index contributed by atoms with van der Waals surface area (Å²) < 4.78 is 5.24. The van der Waals surface area contributed by atoms with Crippen molar-refractivity contribution in [3.8, 4) is 5.75 Å². The summed E-state index contributed by atoms with van der Waals surface area (Å²) in [6, 6.07) is 19.9. The lowest BCUT2D eigenvalue weighted by Crippen LogP contribution is -2.33.